The van der Waals surface area contributed by atoms with Gasteiger partial charge in [0.1, 0.15) is 0 Å². The molecule has 0 radical (unpaired) electrons. The van der Waals surface area contributed by atoms with Crippen molar-refractivity contribution in [1.29, 1.82) is 0 Å². The lowest BCUT2D eigenvalue weighted by Gasteiger charge is -2.26. The summed E-state index contributed by atoms with van der Waals surface area (Å²) in [5.74, 6) is 0. The molecular weight excluding hydrogens is 126 g/mol. The molecule has 0 rings (SSSR count). The number of aliphatic hydroxyl groups excluding tert-OH is 1. The van der Waals surface area contributed by atoms with Gasteiger partial charge in [0, 0.05) is 6.04 Å². The van der Waals surface area contributed by atoms with E-state index < -0.39 is 0 Å². The van der Waals surface area contributed by atoms with Crippen LogP contribution in [0.15, 0.2) is 0 Å². The predicted molar refractivity (Wildman–Crippen MR) is 44.1 cm³/mol. The van der Waals surface area contributed by atoms with Crippen LogP contribution >= 0.6 is 0 Å². The van der Waals surface area contributed by atoms with Crippen LogP contribution in [0.25, 0.3) is 0 Å². The van der Waals surface area contributed by atoms with Crippen molar-refractivity contribution in [2.45, 2.75) is 38.8 Å². The standard InChI is InChI=1S/C8H19NO/c1-5-6-8(7(2)10)9(3)4/h7-8,10H,5-6H2,1-4H3/t7-,8-/m1/s1. The van der Waals surface area contributed by atoms with Crippen LogP contribution in [0.2, 0.25) is 0 Å². The van der Waals surface area contributed by atoms with E-state index in [4.69, 9.17) is 0 Å². The molecule has 0 aromatic heterocycles. The molecule has 0 aromatic rings. The van der Waals surface area contributed by atoms with E-state index in [1.165, 1.54) is 0 Å². The first kappa shape index (κ1) is 9.92. The predicted octanol–water partition coefficient (Wildman–Crippen LogP) is 1.10. The van der Waals surface area contributed by atoms with Crippen LogP contribution in [-0.2, 0) is 0 Å². The summed E-state index contributed by atoms with van der Waals surface area (Å²) < 4.78 is 0. The highest BCUT2D eigenvalue weighted by atomic mass is 16.3. The Morgan fingerprint density at radius 1 is 1.40 bits per heavy atom. The monoisotopic (exact) mass is 145 g/mol. The van der Waals surface area contributed by atoms with Crippen molar-refractivity contribution < 1.29 is 5.11 Å². The Balaban J connectivity index is 3.73. The number of hydrogen-bond acceptors (Lipinski definition) is 2. The van der Waals surface area contributed by atoms with Gasteiger partial charge in [-0.25, -0.2) is 0 Å². The van der Waals surface area contributed by atoms with Crippen LogP contribution in [0.4, 0.5) is 0 Å². The fourth-order valence-electron chi connectivity index (χ4n) is 1.23. The lowest BCUT2D eigenvalue weighted by atomic mass is 10.1. The molecule has 0 amide bonds. The molecule has 0 fully saturated rings. The highest BCUT2D eigenvalue weighted by molar-refractivity contribution is 4.70. The average Bonchev–Trinajstić information content (AvgIpc) is 1.81. The maximum Gasteiger partial charge on any atom is 0.0667 e. The van der Waals surface area contributed by atoms with Gasteiger partial charge in [-0.2, -0.15) is 0 Å². The molecule has 10 heavy (non-hydrogen) atoms. The quantitative estimate of drug-likeness (QED) is 0.640. The minimum Gasteiger partial charge on any atom is -0.392 e. The summed E-state index contributed by atoms with van der Waals surface area (Å²) in [6.07, 6.45) is 1.99. The first-order chi connectivity index (χ1) is 4.59. The molecule has 2 atom stereocenters. The topological polar surface area (TPSA) is 23.5 Å². The molecule has 62 valence electrons. The van der Waals surface area contributed by atoms with Crippen LogP contribution in [-0.4, -0.2) is 36.2 Å². The second-order valence-corrected chi connectivity index (χ2v) is 3.06. The Kier molecular flexibility index (Phi) is 4.65. The molecule has 0 spiro atoms. The van der Waals surface area contributed by atoms with Gasteiger partial charge in [-0.3, -0.25) is 0 Å². The van der Waals surface area contributed by atoms with E-state index in [1.807, 2.05) is 21.0 Å². The zero-order valence-electron chi connectivity index (χ0n) is 7.46. The van der Waals surface area contributed by atoms with Crippen molar-refractivity contribution >= 4 is 0 Å². The van der Waals surface area contributed by atoms with Crippen LogP contribution in [0, 0.1) is 0 Å². The van der Waals surface area contributed by atoms with Gasteiger partial charge >= 0.3 is 0 Å². The third-order valence-electron chi connectivity index (χ3n) is 1.80. The third kappa shape index (κ3) is 3.18. The van der Waals surface area contributed by atoms with Crippen LogP contribution in [0.3, 0.4) is 0 Å². The molecule has 2 heteroatoms. The molecule has 1 N–H and O–H groups in total. The van der Waals surface area contributed by atoms with Crippen molar-refractivity contribution in [2.75, 3.05) is 14.1 Å². The summed E-state index contributed by atoms with van der Waals surface area (Å²) in [5.41, 5.74) is 0. The van der Waals surface area contributed by atoms with Crippen molar-refractivity contribution in [2.24, 2.45) is 0 Å². The summed E-state index contributed by atoms with van der Waals surface area (Å²) in [4.78, 5) is 2.08. The Bertz CT molecular complexity index is 73.3. The molecule has 0 saturated carbocycles. The SMILES string of the molecule is CCC[C@H]([C@@H](C)O)N(C)C. The van der Waals surface area contributed by atoms with Crippen molar-refractivity contribution in [1.82, 2.24) is 4.90 Å². The fourth-order valence-corrected chi connectivity index (χ4v) is 1.23. The Morgan fingerprint density at radius 3 is 2.00 bits per heavy atom. The van der Waals surface area contributed by atoms with Gasteiger partial charge in [-0.15, -0.1) is 0 Å². The van der Waals surface area contributed by atoms with E-state index in [0.717, 1.165) is 12.8 Å². The third-order valence-corrected chi connectivity index (χ3v) is 1.80. The fraction of sp³-hybridized carbons (Fsp3) is 1.00. The molecule has 0 saturated heterocycles. The zero-order chi connectivity index (χ0) is 8.15. The molecular formula is C8H19NO. The van der Waals surface area contributed by atoms with E-state index in [9.17, 15) is 5.11 Å². The molecule has 0 aromatic carbocycles. The number of rotatable bonds is 4. The van der Waals surface area contributed by atoms with E-state index in [1.54, 1.807) is 0 Å². The average molecular weight is 145 g/mol. The zero-order valence-corrected chi connectivity index (χ0v) is 7.46. The number of hydrogen-bond donors (Lipinski definition) is 1. The Labute approximate surface area is 63.8 Å². The van der Waals surface area contributed by atoms with Gasteiger partial charge in [0.05, 0.1) is 6.10 Å². The summed E-state index contributed by atoms with van der Waals surface area (Å²) in [6.45, 7) is 3.99. The van der Waals surface area contributed by atoms with E-state index in [-0.39, 0.29) is 6.10 Å². The molecule has 0 aliphatic rings. The summed E-state index contributed by atoms with van der Waals surface area (Å²) >= 11 is 0. The van der Waals surface area contributed by atoms with Gasteiger partial charge in [0.25, 0.3) is 0 Å². The first-order valence-corrected chi connectivity index (χ1v) is 3.94. The lowest BCUT2D eigenvalue weighted by molar-refractivity contribution is 0.0847. The molecule has 0 unspecified atom stereocenters. The summed E-state index contributed by atoms with van der Waals surface area (Å²) in [7, 11) is 4.01. The molecule has 0 bridgehead atoms. The molecule has 0 aliphatic carbocycles. The largest absolute Gasteiger partial charge is 0.392 e. The van der Waals surface area contributed by atoms with E-state index >= 15 is 0 Å². The Hall–Kier alpha value is -0.0800. The normalized spacial score (nSPS) is 17.4. The molecule has 2 nitrogen and oxygen atoms in total. The van der Waals surface area contributed by atoms with Crippen LogP contribution in [0.5, 0.6) is 0 Å². The smallest absolute Gasteiger partial charge is 0.0667 e. The molecule has 0 heterocycles. The lowest BCUT2D eigenvalue weighted by Crippen LogP contribution is -2.37. The minimum atomic E-state index is -0.213. The van der Waals surface area contributed by atoms with E-state index in [0.29, 0.717) is 6.04 Å². The summed E-state index contributed by atoms with van der Waals surface area (Å²) in [5, 5.41) is 9.27. The second-order valence-electron chi connectivity index (χ2n) is 3.06. The van der Waals surface area contributed by atoms with Crippen LogP contribution in [0.1, 0.15) is 26.7 Å². The molecule has 0 aliphatic heterocycles. The van der Waals surface area contributed by atoms with E-state index in [2.05, 4.69) is 11.8 Å². The Morgan fingerprint density at radius 2 is 1.90 bits per heavy atom. The van der Waals surface area contributed by atoms with Gasteiger partial charge in [0.2, 0.25) is 0 Å². The van der Waals surface area contributed by atoms with Gasteiger partial charge in [-0.1, -0.05) is 13.3 Å². The first-order valence-electron chi connectivity index (χ1n) is 3.94. The van der Waals surface area contributed by atoms with Crippen molar-refractivity contribution in [3.05, 3.63) is 0 Å². The second kappa shape index (κ2) is 4.69. The van der Waals surface area contributed by atoms with Gasteiger partial charge in [0.15, 0.2) is 0 Å². The maximum atomic E-state index is 9.27. The van der Waals surface area contributed by atoms with Gasteiger partial charge < -0.3 is 10.0 Å². The number of likely N-dealkylation sites (N-methyl/N-ethyl adjacent to an activating group) is 1. The highest BCUT2D eigenvalue weighted by Crippen LogP contribution is 2.06. The number of nitrogens with zero attached hydrogens (tertiary/aromatic N) is 1. The van der Waals surface area contributed by atoms with Gasteiger partial charge in [-0.05, 0) is 27.4 Å². The van der Waals surface area contributed by atoms with Crippen molar-refractivity contribution in [3.8, 4) is 0 Å². The summed E-state index contributed by atoms with van der Waals surface area (Å²) in [6, 6.07) is 0.324. The highest BCUT2D eigenvalue weighted by Gasteiger charge is 2.14. The minimum absolute atomic E-state index is 0.213. The maximum absolute atomic E-state index is 9.27. The van der Waals surface area contributed by atoms with Crippen LogP contribution < -0.4 is 0 Å². The van der Waals surface area contributed by atoms with Crippen molar-refractivity contribution in [3.63, 3.8) is 0 Å². The number of aliphatic hydroxyl groups is 1.